The van der Waals surface area contributed by atoms with Crippen LogP contribution in [-0.2, 0) is 0 Å². The summed E-state index contributed by atoms with van der Waals surface area (Å²) in [7, 11) is 0. The maximum atomic E-state index is 12.8. The van der Waals surface area contributed by atoms with Gasteiger partial charge in [-0.1, -0.05) is 41.9 Å². The minimum absolute atomic E-state index is 0.0573. The molecule has 0 radical (unpaired) electrons. The quantitative estimate of drug-likeness (QED) is 0.487. The van der Waals surface area contributed by atoms with Crippen LogP contribution in [0.15, 0.2) is 71.7 Å². The summed E-state index contributed by atoms with van der Waals surface area (Å²) in [6.07, 6.45) is 0. The smallest absolute Gasteiger partial charge is 0.214 e. The number of hydrogen-bond donors (Lipinski definition) is 2. The van der Waals surface area contributed by atoms with Crippen LogP contribution < -0.4 is 0 Å². The number of carbonyl (C=O) groups is 1. The molecule has 27 heavy (non-hydrogen) atoms. The molecule has 5 heteroatoms. The van der Waals surface area contributed by atoms with E-state index in [1.807, 2.05) is 54.6 Å². The molecule has 0 saturated heterocycles. The van der Waals surface area contributed by atoms with Gasteiger partial charge in [0.05, 0.1) is 11.3 Å². The van der Waals surface area contributed by atoms with E-state index < -0.39 is 0 Å². The van der Waals surface area contributed by atoms with E-state index in [0.29, 0.717) is 21.8 Å². The fraction of sp³-hybridized carbons (Fsp3) is 0. The first-order valence-electron chi connectivity index (χ1n) is 8.45. The summed E-state index contributed by atoms with van der Waals surface area (Å²) < 4.78 is 0. The number of aromatic hydroxyl groups is 1. The fourth-order valence-corrected chi connectivity index (χ4v) is 3.60. The Morgan fingerprint density at radius 3 is 2.44 bits per heavy atom. The number of H-pyrrole nitrogens is 1. The van der Waals surface area contributed by atoms with Gasteiger partial charge in [-0.2, -0.15) is 0 Å². The summed E-state index contributed by atoms with van der Waals surface area (Å²) in [4.78, 5) is 20.2. The number of aromatic nitrogens is 1. The zero-order valence-electron chi connectivity index (χ0n) is 14.0. The van der Waals surface area contributed by atoms with Crippen LogP contribution in [0.25, 0.3) is 22.0 Å². The number of Topliss-reactive ketones (excluding diaryl/α,β-unsaturated/α-hetero) is 1. The van der Waals surface area contributed by atoms with Gasteiger partial charge in [0.1, 0.15) is 5.71 Å². The van der Waals surface area contributed by atoms with Crippen molar-refractivity contribution < 1.29 is 9.90 Å². The van der Waals surface area contributed by atoms with Gasteiger partial charge in [-0.25, -0.2) is 4.99 Å². The van der Waals surface area contributed by atoms with Crippen molar-refractivity contribution in [1.29, 1.82) is 0 Å². The molecule has 0 saturated carbocycles. The van der Waals surface area contributed by atoms with E-state index in [9.17, 15) is 9.90 Å². The largest absolute Gasteiger partial charge is 0.494 e. The van der Waals surface area contributed by atoms with Crippen molar-refractivity contribution in [2.75, 3.05) is 0 Å². The first-order valence-corrected chi connectivity index (χ1v) is 8.83. The molecule has 3 aromatic carbocycles. The van der Waals surface area contributed by atoms with E-state index in [0.717, 1.165) is 22.0 Å². The molecule has 0 atom stereocenters. The van der Waals surface area contributed by atoms with Gasteiger partial charge >= 0.3 is 0 Å². The lowest BCUT2D eigenvalue weighted by Gasteiger charge is -2.04. The van der Waals surface area contributed by atoms with Gasteiger partial charge in [0, 0.05) is 21.5 Å². The zero-order valence-corrected chi connectivity index (χ0v) is 14.8. The molecular weight excluding hydrogens is 360 g/mol. The van der Waals surface area contributed by atoms with Crippen molar-refractivity contribution in [2.45, 2.75) is 0 Å². The van der Waals surface area contributed by atoms with Crippen molar-refractivity contribution in [3.8, 4) is 17.0 Å². The van der Waals surface area contributed by atoms with E-state index >= 15 is 0 Å². The van der Waals surface area contributed by atoms with Crippen molar-refractivity contribution in [3.05, 3.63) is 82.9 Å². The first kappa shape index (κ1) is 15.9. The Kier molecular flexibility index (Phi) is 3.42. The highest BCUT2D eigenvalue weighted by Gasteiger charge is 2.29. The van der Waals surface area contributed by atoms with Crippen LogP contribution in [0.1, 0.15) is 15.9 Å². The highest BCUT2D eigenvalue weighted by atomic mass is 35.5. The Balaban J connectivity index is 1.69. The number of rotatable bonds is 2. The van der Waals surface area contributed by atoms with Gasteiger partial charge in [0.25, 0.3) is 0 Å². The van der Waals surface area contributed by atoms with Crippen molar-refractivity contribution in [2.24, 2.45) is 4.99 Å². The van der Waals surface area contributed by atoms with Crippen LogP contribution in [0.3, 0.4) is 0 Å². The maximum Gasteiger partial charge on any atom is 0.214 e. The molecule has 1 aromatic heterocycles. The Morgan fingerprint density at radius 1 is 0.926 bits per heavy atom. The van der Waals surface area contributed by atoms with Crippen molar-refractivity contribution >= 4 is 39.7 Å². The molecule has 4 aromatic rings. The van der Waals surface area contributed by atoms with Crippen LogP contribution >= 0.6 is 11.6 Å². The molecule has 0 unspecified atom stereocenters. The number of ketones is 1. The lowest BCUT2D eigenvalue weighted by atomic mass is 9.98. The number of aliphatic imine (C=N–C) groups is 1. The lowest BCUT2D eigenvalue weighted by Crippen LogP contribution is -2.10. The average molecular weight is 373 g/mol. The highest BCUT2D eigenvalue weighted by molar-refractivity contribution is 6.56. The number of nitrogens with zero attached hydrogens (tertiary/aromatic N) is 1. The second-order valence-electron chi connectivity index (χ2n) is 6.42. The molecule has 0 amide bonds. The minimum atomic E-state index is -0.182. The molecule has 0 spiro atoms. The summed E-state index contributed by atoms with van der Waals surface area (Å²) in [5.74, 6) is -0.239. The summed E-state index contributed by atoms with van der Waals surface area (Å²) in [6.45, 7) is 0. The predicted octanol–water partition coefficient (Wildman–Crippen LogP) is 5.51. The number of para-hydroxylation sites is 1. The predicted molar refractivity (Wildman–Crippen MR) is 107 cm³/mol. The van der Waals surface area contributed by atoms with Gasteiger partial charge in [0.15, 0.2) is 5.88 Å². The van der Waals surface area contributed by atoms with Crippen LogP contribution in [0, 0.1) is 0 Å². The number of halogens is 1. The summed E-state index contributed by atoms with van der Waals surface area (Å²) in [5.41, 5.74) is 4.57. The van der Waals surface area contributed by atoms with Gasteiger partial charge in [-0.3, -0.25) is 4.79 Å². The van der Waals surface area contributed by atoms with Crippen molar-refractivity contribution in [1.82, 2.24) is 4.98 Å². The average Bonchev–Trinajstić information content (AvgIpc) is 3.18. The van der Waals surface area contributed by atoms with Crippen LogP contribution in [0.2, 0.25) is 5.02 Å². The standard InChI is InChI=1S/C22H13ClN2O2/c23-14-8-5-12(6-9-14)13-7-10-18-16(11-13)19(22(27)25-18)20-21(26)15-3-1-2-4-17(15)24-20/h1-11,25,27H. The number of carbonyl (C=O) groups excluding carboxylic acids is 1. The number of hydrogen-bond acceptors (Lipinski definition) is 3. The molecule has 1 aliphatic rings. The fourth-order valence-electron chi connectivity index (χ4n) is 3.47. The second kappa shape index (κ2) is 5.83. The molecule has 130 valence electrons. The molecule has 5 rings (SSSR count). The Hall–Kier alpha value is -3.37. The molecule has 1 aliphatic heterocycles. The van der Waals surface area contributed by atoms with Crippen LogP contribution in [0.5, 0.6) is 5.88 Å². The minimum Gasteiger partial charge on any atom is -0.494 e. The normalized spacial score (nSPS) is 13.1. The van der Waals surface area contributed by atoms with Gasteiger partial charge in [-0.05, 0) is 47.5 Å². The maximum absolute atomic E-state index is 12.8. The molecule has 4 nitrogen and oxygen atoms in total. The van der Waals surface area contributed by atoms with E-state index in [1.165, 1.54) is 0 Å². The lowest BCUT2D eigenvalue weighted by molar-refractivity contribution is 0.107. The molecular formula is C22H13ClN2O2. The van der Waals surface area contributed by atoms with Gasteiger partial charge in [0.2, 0.25) is 5.78 Å². The van der Waals surface area contributed by atoms with Crippen LogP contribution in [0.4, 0.5) is 5.69 Å². The summed E-state index contributed by atoms with van der Waals surface area (Å²) in [6, 6.07) is 20.5. The first-order chi connectivity index (χ1) is 13.1. The van der Waals surface area contributed by atoms with E-state index in [2.05, 4.69) is 9.98 Å². The number of aromatic amines is 1. The monoisotopic (exact) mass is 372 g/mol. The van der Waals surface area contributed by atoms with E-state index in [-0.39, 0.29) is 17.4 Å². The van der Waals surface area contributed by atoms with Crippen LogP contribution in [-0.4, -0.2) is 21.6 Å². The summed E-state index contributed by atoms with van der Waals surface area (Å²) >= 11 is 5.98. The molecule has 2 N–H and O–H groups in total. The molecule has 2 heterocycles. The zero-order chi connectivity index (χ0) is 18.5. The third-order valence-electron chi connectivity index (χ3n) is 4.79. The van der Waals surface area contributed by atoms with E-state index in [4.69, 9.17) is 11.6 Å². The third kappa shape index (κ3) is 2.46. The Labute approximate surface area is 159 Å². The SMILES string of the molecule is O=C1C(c2c(O)[nH]c3ccc(-c4ccc(Cl)cc4)cc23)=Nc2ccccc21. The Bertz CT molecular complexity index is 1250. The van der Waals surface area contributed by atoms with E-state index in [1.54, 1.807) is 12.1 Å². The van der Waals surface area contributed by atoms with Gasteiger partial charge in [-0.15, -0.1) is 0 Å². The highest BCUT2D eigenvalue weighted by Crippen LogP contribution is 2.36. The second-order valence-corrected chi connectivity index (χ2v) is 6.86. The summed E-state index contributed by atoms with van der Waals surface area (Å²) in [5, 5.41) is 11.9. The third-order valence-corrected chi connectivity index (χ3v) is 5.04. The number of nitrogens with one attached hydrogen (secondary N) is 1. The molecule has 0 fully saturated rings. The molecule has 0 aliphatic carbocycles. The number of fused-ring (bicyclic) bond motifs is 2. The van der Waals surface area contributed by atoms with Crippen molar-refractivity contribution in [3.63, 3.8) is 0 Å². The molecule has 0 bridgehead atoms. The topological polar surface area (TPSA) is 65.4 Å². The van der Waals surface area contributed by atoms with Gasteiger partial charge < -0.3 is 10.1 Å². The Morgan fingerprint density at radius 2 is 1.67 bits per heavy atom. The number of benzene rings is 3.